The molecule has 1 aromatic carbocycles. The topological polar surface area (TPSA) is 56.7 Å². The smallest absolute Gasteiger partial charge is 0.138 e. The van der Waals surface area contributed by atoms with Crippen LogP contribution < -0.4 is 5.73 Å². The summed E-state index contributed by atoms with van der Waals surface area (Å²) in [4.78, 5) is 4.13. The van der Waals surface area contributed by atoms with Gasteiger partial charge in [0.25, 0.3) is 0 Å². The van der Waals surface area contributed by atoms with Gasteiger partial charge in [0.05, 0.1) is 0 Å². The fourth-order valence-electron chi connectivity index (χ4n) is 1.61. The van der Waals surface area contributed by atoms with Crippen LogP contribution in [0.2, 0.25) is 10.0 Å². The van der Waals surface area contributed by atoms with Gasteiger partial charge in [-0.05, 0) is 17.7 Å². The highest BCUT2D eigenvalue weighted by atomic mass is 35.5. The van der Waals surface area contributed by atoms with Gasteiger partial charge in [0, 0.05) is 29.6 Å². The van der Waals surface area contributed by atoms with Crippen molar-refractivity contribution in [2.24, 2.45) is 12.8 Å². The lowest BCUT2D eigenvalue weighted by atomic mass is 10.0. The predicted octanol–water partition coefficient (Wildman–Crippen LogP) is 2.36. The molecule has 0 aliphatic heterocycles. The lowest BCUT2D eigenvalue weighted by Gasteiger charge is -2.13. The molecule has 0 aliphatic carbocycles. The third kappa shape index (κ3) is 2.77. The van der Waals surface area contributed by atoms with E-state index in [0.717, 1.165) is 11.4 Å². The molecule has 0 fully saturated rings. The number of aromatic nitrogens is 3. The second-order valence-corrected chi connectivity index (χ2v) is 4.62. The Morgan fingerprint density at radius 3 is 2.76 bits per heavy atom. The van der Waals surface area contributed by atoms with Gasteiger partial charge in [0.15, 0.2) is 0 Å². The van der Waals surface area contributed by atoms with Gasteiger partial charge in [0.2, 0.25) is 0 Å². The standard InChI is InChI=1S/C11H12Cl2N4/c1-17-11(15-6-16-17)5-10(14)8-3-2-7(12)4-9(8)13/h2-4,6,10H,5,14H2,1H3. The normalized spacial score (nSPS) is 12.7. The predicted molar refractivity (Wildman–Crippen MR) is 68.1 cm³/mol. The van der Waals surface area contributed by atoms with Crippen molar-refractivity contribution in [1.29, 1.82) is 0 Å². The molecule has 2 aromatic rings. The van der Waals surface area contributed by atoms with Crippen molar-refractivity contribution in [3.8, 4) is 0 Å². The highest BCUT2D eigenvalue weighted by molar-refractivity contribution is 6.35. The summed E-state index contributed by atoms with van der Waals surface area (Å²) >= 11 is 11.9. The Labute approximate surface area is 109 Å². The van der Waals surface area contributed by atoms with Gasteiger partial charge in [-0.15, -0.1) is 0 Å². The van der Waals surface area contributed by atoms with Crippen LogP contribution >= 0.6 is 23.2 Å². The fraction of sp³-hybridized carbons (Fsp3) is 0.273. The van der Waals surface area contributed by atoms with Crippen LogP contribution in [-0.4, -0.2) is 14.8 Å². The third-order valence-electron chi connectivity index (χ3n) is 2.57. The zero-order chi connectivity index (χ0) is 12.4. The second kappa shape index (κ2) is 5.04. The molecular weight excluding hydrogens is 259 g/mol. The minimum absolute atomic E-state index is 0.220. The first-order valence-corrected chi connectivity index (χ1v) is 5.87. The lowest BCUT2D eigenvalue weighted by Crippen LogP contribution is -2.16. The molecule has 0 saturated heterocycles. The molecule has 0 aliphatic rings. The molecule has 2 N–H and O–H groups in total. The van der Waals surface area contributed by atoms with Crippen molar-refractivity contribution in [2.75, 3.05) is 0 Å². The van der Waals surface area contributed by atoms with Crippen molar-refractivity contribution in [1.82, 2.24) is 14.8 Å². The summed E-state index contributed by atoms with van der Waals surface area (Å²) in [6, 6.07) is 5.09. The SMILES string of the molecule is Cn1ncnc1CC(N)c1ccc(Cl)cc1Cl. The van der Waals surface area contributed by atoms with E-state index in [1.807, 2.05) is 13.1 Å². The number of rotatable bonds is 3. The molecule has 1 heterocycles. The van der Waals surface area contributed by atoms with Gasteiger partial charge in [-0.1, -0.05) is 29.3 Å². The van der Waals surface area contributed by atoms with E-state index in [9.17, 15) is 0 Å². The Kier molecular flexibility index (Phi) is 3.66. The summed E-state index contributed by atoms with van der Waals surface area (Å²) < 4.78 is 1.70. The van der Waals surface area contributed by atoms with E-state index in [2.05, 4.69) is 10.1 Å². The summed E-state index contributed by atoms with van der Waals surface area (Å²) in [6.45, 7) is 0. The van der Waals surface area contributed by atoms with Crippen LogP contribution in [0.5, 0.6) is 0 Å². The first-order chi connectivity index (χ1) is 8.08. The molecule has 17 heavy (non-hydrogen) atoms. The fourth-order valence-corrected chi connectivity index (χ4v) is 2.16. The molecule has 1 aromatic heterocycles. The zero-order valence-corrected chi connectivity index (χ0v) is 10.8. The molecule has 6 heteroatoms. The highest BCUT2D eigenvalue weighted by Gasteiger charge is 2.13. The number of nitrogens with two attached hydrogens (primary N) is 1. The van der Waals surface area contributed by atoms with Gasteiger partial charge in [-0.25, -0.2) is 4.98 Å². The number of benzene rings is 1. The van der Waals surface area contributed by atoms with E-state index in [0.29, 0.717) is 16.5 Å². The average molecular weight is 271 g/mol. The molecule has 2 rings (SSSR count). The van der Waals surface area contributed by atoms with Crippen LogP contribution in [0.1, 0.15) is 17.4 Å². The van der Waals surface area contributed by atoms with E-state index in [1.54, 1.807) is 16.8 Å². The molecule has 90 valence electrons. The zero-order valence-electron chi connectivity index (χ0n) is 9.27. The molecule has 1 unspecified atom stereocenters. The summed E-state index contributed by atoms with van der Waals surface area (Å²) in [6.07, 6.45) is 2.09. The second-order valence-electron chi connectivity index (χ2n) is 3.78. The molecule has 1 atom stereocenters. The average Bonchev–Trinajstić information content (AvgIpc) is 2.64. The molecule has 0 bridgehead atoms. The van der Waals surface area contributed by atoms with Crippen LogP contribution in [0.15, 0.2) is 24.5 Å². The molecule has 0 radical (unpaired) electrons. The van der Waals surface area contributed by atoms with Crippen molar-refractivity contribution >= 4 is 23.2 Å². The van der Waals surface area contributed by atoms with Crippen LogP contribution in [0.3, 0.4) is 0 Å². The Morgan fingerprint density at radius 1 is 1.41 bits per heavy atom. The van der Waals surface area contributed by atoms with Gasteiger partial charge in [0.1, 0.15) is 12.2 Å². The van der Waals surface area contributed by atoms with Crippen LogP contribution in [0.25, 0.3) is 0 Å². The van der Waals surface area contributed by atoms with Crippen molar-refractivity contribution in [3.63, 3.8) is 0 Å². The molecular formula is C11H12Cl2N4. The Bertz CT molecular complexity index is 524. The maximum atomic E-state index is 6.10. The Hall–Kier alpha value is -1.10. The van der Waals surface area contributed by atoms with E-state index in [-0.39, 0.29) is 6.04 Å². The van der Waals surface area contributed by atoms with E-state index in [4.69, 9.17) is 28.9 Å². The Morgan fingerprint density at radius 2 is 2.18 bits per heavy atom. The number of hydrogen-bond donors (Lipinski definition) is 1. The third-order valence-corrected chi connectivity index (χ3v) is 3.13. The summed E-state index contributed by atoms with van der Waals surface area (Å²) in [5.74, 6) is 0.823. The quantitative estimate of drug-likeness (QED) is 0.932. The van der Waals surface area contributed by atoms with Gasteiger partial charge in [-0.2, -0.15) is 5.10 Å². The maximum absolute atomic E-state index is 6.10. The number of hydrogen-bond acceptors (Lipinski definition) is 3. The Balaban J connectivity index is 2.20. The number of halogens is 2. The first kappa shape index (κ1) is 12.4. The highest BCUT2D eigenvalue weighted by Crippen LogP contribution is 2.26. The summed E-state index contributed by atoms with van der Waals surface area (Å²) in [5.41, 5.74) is 6.96. The maximum Gasteiger partial charge on any atom is 0.138 e. The largest absolute Gasteiger partial charge is 0.324 e. The molecule has 4 nitrogen and oxygen atoms in total. The summed E-state index contributed by atoms with van der Waals surface area (Å²) in [5, 5.41) is 5.17. The first-order valence-electron chi connectivity index (χ1n) is 5.11. The van der Waals surface area contributed by atoms with Crippen LogP contribution in [-0.2, 0) is 13.5 Å². The van der Waals surface area contributed by atoms with Crippen molar-refractivity contribution in [3.05, 3.63) is 46.0 Å². The van der Waals surface area contributed by atoms with E-state index < -0.39 is 0 Å². The van der Waals surface area contributed by atoms with E-state index >= 15 is 0 Å². The van der Waals surface area contributed by atoms with Crippen LogP contribution in [0, 0.1) is 0 Å². The monoisotopic (exact) mass is 270 g/mol. The number of nitrogens with zero attached hydrogens (tertiary/aromatic N) is 3. The van der Waals surface area contributed by atoms with Crippen molar-refractivity contribution in [2.45, 2.75) is 12.5 Å². The van der Waals surface area contributed by atoms with Gasteiger partial charge < -0.3 is 5.73 Å². The summed E-state index contributed by atoms with van der Waals surface area (Å²) in [7, 11) is 1.83. The number of aryl methyl sites for hydroxylation is 1. The molecule has 0 amide bonds. The molecule has 0 spiro atoms. The van der Waals surface area contributed by atoms with E-state index in [1.165, 1.54) is 6.33 Å². The minimum atomic E-state index is -0.220. The van der Waals surface area contributed by atoms with Crippen molar-refractivity contribution < 1.29 is 0 Å². The van der Waals surface area contributed by atoms with Crippen LogP contribution in [0.4, 0.5) is 0 Å². The van der Waals surface area contributed by atoms with Gasteiger partial charge in [-0.3, -0.25) is 4.68 Å². The lowest BCUT2D eigenvalue weighted by molar-refractivity contribution is 0.629. The molecule has 0 saturated carbocycles. The minimum Gasteiger partial charge on any atom is -0.324 e. The van der Waals surface area contributed by atoms with Gasteiger partial charge >= 0.3 is 0 Å².